The fourth-order valence-electron chi connectivity index (χ4n) is 2.47. The van der Waals surface area contributed by atoms with Crippen molar-refractivity contribution >= 4 is 17.2 Å². The van der Waals surface area contributed by atoms with Crippen molar-refractivity contribution in [3.63, 3.8) is 0 Å². The van der Waals surface area contributed by atoms with Crippen LogP contribution in [0.15, 0.2) is 35.7 Å². The van der Waals surface area contributed by atoms with Gasteiger partial charge in [-0.15, -0.1) is 11.3 Å². The highest BCUT2D eigenvalue weighted by Crippen LogP contribution is 2.31. The number of nitrogens with zero attached hydrogens (tertiary/aromatic N) is 2. The number of amides is 1. The number of carbonyl (C=O) groups is 1. The molecule has 0 saturated carbocycles. The standard InChI is InChI=1S/C18H17N3O5S/c1-25-11-5-3-6-12(26-2)10(11)9-19-17(23)14-15(22)18(24)21-16(20-14)13-7-4-8-27-13/h3-8,22H,9H2,1-2H3,(H,19,23)(H,20,21,24). The van der Waals surface area contributed by atoms with Crippen LogP contribution in [0.4, 0.5) is 0 Å². The Kier molecular flexibility index (Phi) is 5.41. The van der Waals surface area contributed by atoms with Gasteiger partial charge in [0.2, 0.25) is 5.75 Å². The minimum atomic E-state index is -0.681. The van der Waals surface area contributed by atoms with Gasteiger partial charge in [0.15, 0.2) is 11.5 Å². The molecule has 0 fully saturated rings. The molecule has 0 atom stereocenters. The first-order chi connectivity index (χ1) is 13.0. The lowest BCUT2D eigenvalue weighted by Gasteiger charge is -2.14. The molecule has 0 bridgehead atoms. The molecular weight excluding hydrogens is 370 g/mol. The first-order valence-corrected chi connectivity index (χ1v) is 8.75. The van der Waals surface area contributed by atoms with E-state index in [0.29, 0.717) is 21.9 Å². The predicted molar refractivity (Wildman–Crippen MR) is 99.4 cm³/mol. The zero-order valence-corrected chi connectivity index (χ0v) is 15.4. The second-order valence-corrected chi connectivity index (χ2v) is 6.32. The molecule has 0 radical (unpaired) electrons. The second kappa shape index (κ2) is 7.92. The van der Waals surface area contributed by atoms with Crippen LogP contribution in [0.1, 0.15) is 16.1 Å². The molecule has 27 heavy (non-hydrogen) atoms. The molecule has 2 heterocycles. The minimum Gasteiger partial charge on any atom is -0.501 e. The number of carbonyl (C=O) groups excluding carboxylic acids is 1. The third-order valence-electron chi connectivity index (χ3n) is 3.78. The molecule has 8 nitrogen and oxygen atoms in total. The number of nitrogens with one attached hydrogen (secondary N) is 1. The highest BCUT2D eigenvalue weighted by molar-refractivity contribution is 7.13. The van der Waals surface area contributed by atoms with E-state index in [9.17, 15) is 15.0 Å². The SMILES string of the molecule is COc1cccc(OC)c1CNC(=O)c1nc(-c2cccs2)nc(O)c1O. The normalized spacial score (nSPS) is 10.4. The first kappa shape index (κ1) is 18.5. The van der Waals surface area contributed by atoms with Crippen LogP contribution in [-0.2, 0) is 6.54 Å². The Hall–Kier alpha value is -3.33. The van der Waals surface area contributed by atoms with Crippen LogP contribution in [0.25, 0.3) is 10.7 Å². The average Bonchev–Trinajstić information content (AvgIpc) is 3.22. The van der Waals surface area contributed by atoms with Crippen molar-refractivity contribution in [1.29, 1.82) is 0 Å². The van der Waals surface area contributed by atoms with Gasteiger partial charge in [-0.2, -0.15) is 4.98 Å². The van der Waals surface area contributed by atoms with E-state index in [-0.39, 0.29) is 18.1 Å². The number of aromatic nitrogens is 2. The van der Waals surface area contributed by atoms with E-state index < -0.39 is 17.5 Å². The van der Waals surface area contributed by atoms with E-state index in [0.717, 1.165) is 0 Å². The molecule has 1 aromatic carbocycles. The number of ether oxygens (including phenoxy) is 2. The Labute approximate surface area is 159 Å². The van der Waals surface area contributed by atoms with Crippen LogP contribution in [0.2, 0.25) is 0 Å². The predicted octanol–water partition coefficient (Wildman–Crippen LogP) is 2.56. The van der Waals surface area contributed by atoms with E-state index in [1.807, 2.05) is 5.38 Å². The van der Waals surface area contributed by atoms with Crippen molar-refractivity contribution in [2.24, 2.45) is 0 Å². The molecule has 9 heteroatoms. The summed E-state index contributed by atoms with van der Waals surface area (Å²) in [5, 5.41) is 24.3. The molecule has 3 aromatic rings. The number of benzene rings is 1. The van der Waals surface area contributed by atoms with Gasteiger partial charge in [-0.3, -0.25) is 4.79 Å². The number of hydrogen-bond donors (Lipinski definition) is 3. The zero-order valence-electron chi connectivity index (χ0n) is 14.6. The van der Waals surface area contributed by atoms with Crippen molar-refractivity contribution in [3.05, 3.63) is 47.0 Å². The van der Waals surface area contributed by atoms with Crippen LogP contribution in [0.3, 0.4) is 0 Å². The Balaban J connectivity index is 1.87. The Bertz CT molecular complexity index is 938. The van der Waals surface area contributed by atoms with Crippen LogP contribution >= 0.6 is 11.3 Å². The number of hydrogen-bond acceptors (Lipinski definition) is 8. The zero-order chi connectivity index (χ0) is 19.4. The molecule has 2 aromatic heterocycles. The first-order valence-electron chi connectivity index (χ1n) is 7.87. The summed E-state index contributed by atoms with van der Waals surface area (Å²) in [7, 11) is 3.03. The lowest BCUT2D eigenvalue weighted by atomic mass is 10.1. The molecule has 0 aliphatic carbocycles. The molecule has 0 spiro atoms. The van der Waals surface area contributed by atoms with Crippen LogP contribution in [0.5, 0.6) is 23.1 Å². The molecule has 3 rings (SSSR count). The summed E-state index contributed by atoms with van der Waals surface area (Å²) in [6, 6.07) is 8.79. The third kappa shape index (κ3) is 3.77. The summed E-state index contributed by atoms with van der Waals surface area (Å²) < 4.78 is 10.6. The Morgan fingerprint density at radius 1 is 1.11 bits per heavy atom. The lowest BCUT2D eigenvalue weighted by molar-refractivity contribution is 0.0941. The number of rotatable bonds is 6. The molecule has 3 N–H and O–H groups in total. The van der Waals surface area contributed by atoms with Gasteiger partial charge in [-0.05, 0) is 23.6 Å². The summed E-state index contributed by atoms with van der Waals surface area (Å²) in [5.74, 6) is -0.767. The summed E-state index contributed by atoms with van der Waals surface area (Å²) in [5.41, 5.74) is 0.312. The second-order valence-electron chi connectivity index (χ2n) is 5.37. The quantitative estimate of drug-likeness (QED) is 0.596. The maximum absolute atomic E-state index is 12.6. The fraction of sp³-hybridized carbons (Fsp3) is 0.167. The van der Waals surface area contributed by atoms with Gasteiger partial charge in [0.1, 0.15) is 11.5 Å². The minimum absolute atomic E-state index is 0.0740. The fourth-order valence-corrected chi connectivity index (χ4v) is 3.13. The smallest absolute Gasteiger partial charge is 0.274 e. The van der Waals surface area contributed by atoms with E-state index >= 15 is 0 Å². The number of methoxy groups -OCH3 is 2. The number of aromatic hydroxyl groups is 2. The van der Waals surface area contributed by atoms with E-state index in [4.69, 9.17) is 9.47 Å². The van der Waals surface area contributed by atoms with Crippen LogP contribution in [0, 0.1) is 0 Å². The third-order valence-corrected chi connectivity index (χ3v) is 4.64. The van der Waals surface area contributed by atoms with Crippen molar-refractivity contribution in [2.75, 3.05) is 14.2 Å². The van der Waals surface area contributed by atoms with Crippen molar-refractivity contribution < 1.29 is 24.5 Å². The maximum atomic E-state index is 12.6. The van der Waals surface area contributed by atoms with E-state index in [2.05, 4.69) is 15.3 Å². The van der Waals surface area contributed by atoms with Gasteiger partial charge in [-0.25, -0.2) is 4.98 Å². The molecular formula is C18H17N3O5S. The highest BCUT2D eigenvalue weighted by Gasteiger charge is 2.21. The van der Waals surface area contributed by atoms with Crippen LogP contribution < -0.4 is 14.8 Å². The topological polar surface area (TPSA) is 114 Å². The largest absolute Gasteiger partial charge is 0.501 e. The van der Waals surface area contributed by atoms with Crippen molar-refractivity contribution in [1.82, 2.24) is 15.3 Å². The molecule has 140 valence electrons. The Morgan fingerprint density at radius 3 is 2.41 bits per heavy atom. The van der Waals surface area contributed by atoms with Crippen molar-refractivity contribution in [2.45, 2.75) is 6.54 Å². The highest BCUT2D eigenvalue weighted by atomic mass is 32.1. The van der Waals surface area contributed by atoms with Gasteiger partial charge in [-0.1, -0.05) is 12.1 Å². The number of thiophene rings is 1. The molecule has 0 unspecified atom stereocenters. The average molecular weight is 387 g/mol. The van der Waals surface area contributed by atoms with Gasteiger partial charge >= 0.3 is 0 Å². The summed E-state index contributed by atoms with van der Waals surface area (Å²) in [6.45, 7) is 0.0740. The summed E-state index contributed by atoms with van der Waals surface area (Å²) >= 11 is 1.35. The Morgan fingerprint density at radius 2 is 1.81 bits per heavy atom. The lowest BCUT2D eigenvalue weighted by Crippen LogP contribution is -2.25. The molecule has 1 amide bonds. The molecule has 0 aliphatic heterocycles. The molecule has 0 saturated heterocycles. The van der Waals surface area contributed by atoms with E-state index in [1.54, 1.807) is 30.3 Å². The van der Waals surface area contributed by atoms with Crippen LogP contribution in [-0.4, -0.2) is 40.3 Å². The summed E-state index contributed by atoms with van der Waals surface area (Å²) in [6.07, 6.45) is 0. The van der Waals surface area contributed by atoms with Crippen molar-refractivity contribution in [3.8, 4) is 33.8 Å². The maximum Gasteiger partial charge on any atom is 0.274 e. The van der Waals surface area contributed by atoms with Gasteiger partial charge in [0, 0.05) is 0 Å². The monoisotopic (exact) mass is 387 g/mol. The molecule has 0 aliphatic rings. The summed E-state index contributed by atoms with van der Waals surface area (Å²) in [4.78, 5) is 21.1. The van der Waals surface area contributed by atoms with E-state index in [1.165, 1.54) is 25.6 Å². The van der Waals surface area contributed by atoms with Gasteiger partial charge in [0.25, 0.3) is 11.8 Å². The van der Waals surface area contributed by atoms with Gasteiger partial charge in [0.05, 0.1) is 31.2 Å². The van der Waals surface area contributed by atoms with Gasteiger partial charge < -0.3 is 25.0 Å².